The lowest BCUT2D eigenvalue weighted by Gasteiger charge is -2.16. The molecule has 1 aromatic carbocycles. The van der Waals surface area contributed by atoms with Crippen LogP contribution in [0.15, 0.2) is 24.3 Å². The highest BCUT2D eigenvalue weighted by atomic mass is 32.1. The average Bonchev–Trinajstić information content (AvgIpc) is 3.04. The van der Waals surface area contributed by atoms with Crippen molar-refractivity contribution < 1.29 is 18.3 Å². The van der Waals surface area contributed by atoms with Crippen molar-refractivity contribution in [1.29, 1.82) is 5.26 Å². The number of fused-ring (bicyclic) bond motifs is 1. The van der Waals surface area contributed by atoms with Gasteiger partial charge in [0.2, 0.25) is 5.91 Å². The molecule has 1 heterocycles. The van der Waals surface area contributed by atoms with Crippen LogP contribution in [0, 0.1) is 11.3 Å². The number of nitrogens with one attached hydrogen (secondary N) is 1. The Morgan fingerprint density at radius 3 is 2.72 bits per heavy atom. The molecule has 2 aromatic rings. The summed E-state index contributed by atoms with van der Waals surface area (Å²) in [5, 5.41) is 13.0. The number of carbonyl (C=O) groups is 1. The van der Waals surface area contributed by atoms with Gasteiger partial charge in [0.25, 0.3) is 0 Å². The van der Waals surface area contributed by atoms with Crippen LogP contribution in [-0.2, 0) is 24.2 Å². The quantitative estimate of drug-likeness (QED) is 0.681. The number of thiophene rings is 1. The SMILES string of the molecule is CN(CCC(=O)Nc1sc2c(c1C#N)CCCC2)Cc1ccc(OC(F)F)cc1. The second kappa shape index (κ2) is 9.81. The standard InChI is InChI=1S/C21H23F2N3O2S/c1-26(13-14-6-8-15(9-7-14)28-21(22)23)11-10-19(27)25-20-17(12-24)16-4-2-3-5-18(16)29-20/h6-9,21H,2-5,10-11,13H2,1H3,(H,25,27). The maximum atomic E-state index is 12.4. The van der Waals surface area contributed by atoms with Crippen LogP contribution in [0.2, 0.25) is 0 Å². The van der Waals surface area contributed by atoms with Crippen LogP contribution in [0.1, 0.15) is 40.8 Å². The Bertz CT molecular complexity index is 891. The van der Waals surface area contributed by atoms with Crippen LogP contribution >= 0.6 is 11.3 Å². The molecule has 5 nitrogen and oxygen atoms in total. The molecule has 0 unspecified atom stereocenters. The molecule has 1 aromatic heterocycles. The highest BCUT2D eigenvalue weighted by Crippen LogP contribution is 2.37. The monoisotopic (exact) mass is 419 g/mol. The van der Waals surface area contributed by atoms with Crippen LogP contribution in [-0.4, -0.2) is 31.0 Å². The first-order valence-electron chi connectivity index (χ1n) is 9.53. The van der Waals surface area contributed by atoms with Crippen molar-refractivity contribution >= 4 is 22.2 Å². The number of hydrogen-bond acceptors (Lipinski definition) is 5. The lowest BCUT2D eigenvalue weighted by atomic mass is 9.96. The summed E-state index contributed by atoms with van der Waals surface area (Å²) < 4.78 is 28.7. The molecule has 0 fully saturated rings. The first kappa shape index (κ1) is 21.2. The van der Waals surface area contributed by atoms with Gasteiger partial charge in [0.05, 0.1) is 5.56 Å². The first-order chi connectivity index (χ1) is 14.0. The molecule has 0 saturated heterocycles. The molecule has 3 rings (SSSR count). The molecule has 8 heteroatoms. The number of halogens is 2. The molecule has 0 aliphatic heterocycles. The van der Waals surface area contributed by atoms with Gasteiger partial charge in [-0.3, -0.25) is 4.79 Å². The molecule has 1 amide bonds. The van der Waals surface area contributed by atoms with E-state index in [4.69, 9.17) is 0 Å². The number of alkyl halides is 2. The summed E-state index contributed by atoms with van der Waals surface area (Å²) in [4.78, 5) is 15.6. The molecule has 1 aliphatic carbocycles. The lowest BCUT2D eigenvalue weighted by molar-refractivity contribution is -0.116. The van der Waals surface area contributed by atoms with Crippen molar-refractivity contribution in [3.05, 3.63) is 45.8 Å². The van der Waals surface area contributed by atoms with Gasteiger partial charge in [0, 0.05) is 24.4 Å². The van der Waals surface area contributed by atoms with Gasteiger partial charge in [-0.25, -0.2) is 0 Å². The third-order valence-electron chi connectivity index (χ3n) is 4.86. The van der Waals surface area contributed by atoms with Gasteiger partial charge < -0.3 is 15.0 Å². The van der Waals surface area contributed by atoms with Crippen LogP contribution in [0.25, 0.3) is 0 Å². The number of amides is 1. The molecule has 154 valence electrons. The zero-order chi connectivity index (χ0) is 20.8. The average molecular weight is 419 g/mol. The summed E-state index contributed by atoms with van der Waals surface area (Å²) in [6, 6.07) is 8.71. The Labute approximate surface area is 172 Å². The molecular weight excluding hydrogens is 396 g/mol. The first-order valence-corrected chi connectivity index (χ1v) is 10.3. The molecule has 0 atom stereocenters. The van der Waals surface area contributed by atoms with Crippen molar-refractivity contribution in [2.45, 2.75) is 45.3 Å². The van der Waals surface area contributed by atoms with Gasteiger partial charge in [0.15, 0.2) is 0 Å². The smallest absolute Gasteiger partial charge is 0.387 e. The maximum absolute atomic E-state index is 12.4. The van der Waals surface area contributed by atoms with E-state index in [1.165, 1.54) is 28.3 Å². The van der Waals surface area contributed by atoms with Gasteiger partial charge in [-0.05, 0) is 56.0 Å². The fourth-order valence-corrected chi connectivity index (χ4v) is 4.68. The van der Waals surface area contributed by atoms with E-state index in [1.54, 1.807) is 12.1 Å². The van der Waals surface area contributed by atoms with Crippen molar-refractivity contribution in [2.24, 2.45) is 0 Å². The molecule has 0 bridgehead atoms. The van der Waals surface area contributed by atoms with E-state index in [2.05, 4.69) is 16.1 Å². The summed E-state index contributed by atoms with van der Waals surface area (Å²) in [5.74, 6) is 0.00495. The Hall–Kier alpha value is -2.50. The Morgan fingerprint density at radius 1 is 1.31 bits per heavy atom. The topological polar surface area (TPSA) is 65.4 Å². The van der Waals surface area contributed by atoms with Gasteiger partial charge in [-0.2, -0.15) is 14.0 Å². The van der Waals surface area contributed by atoms with E-state index in [1.807, 2.05) is 11.9 Å². The third kappa shape index (κ3) is 5.75. The predicted octanol–water partition coefficient (Wildman–Crippen LogP) is 4.56. The molecular formula is C21H23F2N3O2S. The van der Waals surface area contributed by atoms with Crippen LogP contribution in [0.4, 0.5) is 13.8 Å². The van der Waals surface area contributed by atoms with E-state index in [0.29, 0.717) is 30.1 Å². The lowest BCUT2D eigenvalue weighted by Crippen LogP contribution is -2.24. The number of ether oxygens (including phenoxy) is 1. The Kier molecular flexibility index (Phi) is 7.18. The number of nitriles is 1. The molecule has 0 spiro atoms. The van der Waals surface area contributed by atoms with Crippen molar-refractivity contribution in [3.63, 3.8) is 0 Å². The van der Waals surface area contributed by atoms with Crippen molar-refractivity contribution in [1.82, 2.24) is 4.90 Å². The second-order valence-electron chi connectivity index (χ2n) is 7.09. The summed E-state index contributed by atoms with van der Waals surface area (Å²) in [7, 11) is 1.89. The van der Waals surface area contributed by atoms with E-state index >= 15 is 0 Å². The predicted molar refractivity (Wildman–Crippen MR) is 108 cm³/mol. The van der Waals surface area contributed by atoms with Crippen LogP contribution < -0.4 is 10.1 Å². The summed E-state index contributed by atoms with van der Waals surface area (Å²) in [5.41, 5.74) is 2.67. The zero-order valence-electron chi connectivity index (χ0n) is 16.2. The van der Waals surface area contributed by atoms with Crippen LogP contribution in [0.5, 0.6) is 5.75 Å². The van der Waals surface area contributed by atoms with E-state index in [-0.39, 0.29) is 11.7 Å². The minimum absolute atomic E-state index is 0.118. The number of benzene rings is 1. The van der Waals surface area contributed by atoms with E-state index in [0.717, 1.165) is 36.8 Å². The fraction of sp³-hybridized carbons (Fsp3) is 0.429. The summed E-state index contributed by atoms with van der Waals surface area (Å²) >= 11 is 1.52. The molecule has 0 saturated carbocycles. The Balaban J connectivity index is 1.49. The van der Waals surface area contributed by atoms with E-state index < -0.39 is 6.61 Å². The minimum Gasteiger partial charge on any atom is -0.435 e. The summed E-state index contributed by atoms with van der Waals surface area (Å²) in [6.45, 7) is -1.72. The largest absolute Gasteiger partial charge is 0.435 e. The Morgan fingerprint density at radius 2 is 2.03 bits per heavy atom. The van der Waals surface area contributed by atoms with Crippen molar-refractivity contribution in [3.8, 4) is 11.8 Å². The highest BCUT2D eigenvalue weighted by Gasteiger charge is 2.21. The molecule has 29 heavy (non-hydrogen) atoms. The van der Waals surface area contributed by atoms with Crippen LogP contribution in [0.3, 0.4) is 0 Å². The molecule has 0 radical (unpaired) electrons. The van der Waals surface area contributed by atoms with Gasteiger partial charge in [0.1, 0.15) is 16.8 Å². The molecule has 1 aliphatic rings. The highest BCUT2D eigenvalue weighted by molar-refractivity contribution is 7.16. The molecule has 1 N–H and O–H groups in total. The normalized spacial score (nSPS) is 13.2. The van der Waals surface area contributed by atoms with E-state index in [9.17, 15) is 18.8 Å². The number of aryl methyl sites for hydroxylation is 1. The van der Waals surface area contributed by atoms with Crippen molar-refractivity contribution in [2.75, 3.05) is 18.9 Å². The zero-order valence-corrected chi connectivity index (χ0v) is 17.0. The maximum Gasteiger partial charge on any atom is 0.387 e. The number of anilines is 1. The summed E-state index contributed by atoms with van der Waals surface area (Å²) in [6.07, 6.45) is 4.41. The number of rotatable bonds is 8. The number of hydrogen-bond donors (Lipinski definition) is 1. The number of nitrogens with zero attached hydrogens (tertiary/aromatic N) is 2. The second-order valence-corrected chi connectivity index (χ2v) is 8.19. The third-order valence-corrected chi connectivity index (χ3v) is 6.06. The van der Waals surface area contributed by atoms with Gasteiger partial charge >= 0.3 is 6.61 Å². The number of carbonyl (C=O) groups excluding carboxylic acids is 1. The van der Waals surface area contributed by atoms with Gasteiger partial charge in [-0.1, -0.05) is 12.1 Å². The minimum atomic E-state index is -2.84. The fourth-order valence-electron chi connectivity index (χ4n) is 3.42. The van der Waals surface area contributed by atoms with Gasteiger partial charge in [-0.15, -0.1) is 11.3 Å².